The molecule has 0 atom stereocenters. The van der Waals surface area contributed by atoms with Crippen molar-refractivity contribution < 1.29 is 0 Å². The summed E-state index contributed by atoms with van der Waals surface area (Å²) in [6.45, 7) is 5.88. The fourth-order valence-electron chi connectivity index (χ4n) is 2.03. The van der Waals surface area contributed by atoms with Crippen LogP contribution in [0.1, 0.15) is 12.0 Å². The molecule has 14 heavy (non-hydrogen) atoms. The molecule has 1 aliphatic heterocycles. The Kier molecular flexibility index (Phi) is 2.92. The minimum absolute atomic E-state index is 0.940. The van der Waals surface area contributed by atoms with Crippen LogP contribution in [0, 0.1) is 0 Å². The highest BCUT2D eigenvalue weighted by atomic mass is 79.9. The number of hydrogen-bond acceptors (Lipinski definition) is 1. The third-order valence-electron chi connectivity index (χ3n) is 2.61. The van der Waals surface area contributed by atoms with Gasteiger partial charge in [0, 0.05) is 17.6 Å². The Hall–Kier alpha value is -0.760. The standard InChI is InChI=1S/C12H14BrN/c1-2-8-14-9-4-6-10-5-3-7-11(13)12(10)14/h2-3,5,7H,1,4,6,8-9H2. The number of aryl methyl sites for hydroxylation is 1. The smallest absolute Gasteiger partial charge is 0.0546 e. The van der Waals surface area contributed by atoms with Gasteiger partial charge in [0.1, 0.15) is 0 Å². The van der Waals surface area contributed by atoms with Gasteiger partial charge >= 0.3 is 0 Å². The molecule has 1 aliphatic rings. The summed E-state index contributed by atoms with van der Waals surface area (Å²) in [6.07, 6.45) is 4.41. The van der Waals surface area contributed by atoms with Gasteiger partial charge in [-0.05, 0) is 40.4 Å². The molecular formula is C12H14BrN. The zero-order valence-corrected chi connectivity index (χ0v) is 9.76. The first-order valence-electron chi connectivity index (χ1n) is 4.96. The lowest BCUT2D eigenvalue weighted by Gasteiger charge is -2.31. The molecule has 0 N–H and O–H groups in total. The average Bonchev–Trinajstić information content (AvgIpc) is 2.19. The number of halogens is 1. The van der Waals surface area contributed by atoms with Crippen molar-refractivity contribution in [3.8, 4) is 0 Å². The Labute approximate surface area is 93.6 Å². The van der Waals surface area contributed by atoms with E-state index in [0.29, 0.717) is 0 Å². The molecule has 0 bridgehead atoms. The van der Waals surface area contributed by atoms with Crippen LogP contribution in [0.3, 0.4) is 0 Å². The minimum Gasteiger partial charge on any atom is -0.367 e. The van der Waals surface area contributed by atoms with Crippen molar-refractivity contribution in [2.45, 2.75) is 12.8 Å². The molecule has 2 heteroatoms. The third-order valence-corrected chi connectivity index (χ3v) is 3.25. The lowest BCUT2D eigenvalue weighted by molar-refractivity contribution is 0.720. The van der Waals surface area contributed by atoms with Crippen LogP contribution in [0.2, 0.25) is 0 Å². The van der Waals surface area contributed by atoms with E-state index >= 15 is 0 Å². The zero-order chi connectivity index (χ0) is 9.97. The first-order chi connectivity index (χ1) is 6.83. The molecular weight excluding hydrogens is 238 g/mol. The molecule has 1 heterocycles. The zero-order valence-electron chi connectivity index (χ0n) is 8.17. The topological polar surface area (TPSA) is 3.24 Å². The first kappa shape index (κ1) is 9.78. The summed E-state index contributed by atoms with van der Waals surface area (Å²) in [5.74, 6) is 0. The predicted octanol–water partition coefficient (Wildman–Crippen LogP) is 3.39. The van der Waals surface area contributed by atoms with Gasteiger partial charge in [0.15, 0.2) is 0 Å². The highest BCUT2D eigenvalue weighted by molar-refractivity contribution is 9.10. The molecule has 0 radical (unpaired) electrons. The Balaban J connectivity index is 2.41. The van der Waals surface area contributed by atoms with Gasteiger partial charge in [-0.2, -0.15) is 0 Å². The summed E-state index contributed by atoms with van der Waals surface area (Å²) in [4.78, 5) is 2.38. The van der Waals surface area contributed by atoms with E-state index in [-0.39, 0.29) is 0 Å². The van der Waals surface area contributed by atoms with Crippen LogP contribution in [-0.2, 0) is 6.42 Å². The molecule has 0 saturated heterocycles. The average molecular weight is 252 g/mol. The van der Waals surface area contributed by atoms with E-state index in [0.717, 1.165) is 13.1 Å². The van der Waals surface area contributed by atoms with Gasteiger partial charge in [0.2, 0.25) is 0 Å². The Bertz CT molecular complexity index is 346. The lowest BCUT2D eigenvalue weighted by atomic mass is 10.0. The van der Waals surface area contributed by atoms with Gasteiger partial charge in [-0.15, -0.1) is 6.58 Å². The summed E-state index contributed by atoms with van der Waals surface area (Å²) in [7, 11) is 0. The van der Waals surface area contributed by atoms with E-state index < -0.39 is 0 Å². The number of rotatable bonds is 2. The van der Waals surface area contributed by atoms with Crippen molar-refractivity contribution >= 4 is 21.6 Å². The third kappa shape index (κ3) is 1.71. The minimum atomic E-state index is 0.940. The number of hydrogen-bond donors (Lipinski definition) is 0. The summed E-state index contributed by atoms with van der Waals surface area (Å²) in [5.41, 5.74) is 2.81. The van der Waals surface area contributed by atoms with Crippen LogP contribution in [0.25, 0.3) is 0 Å². The van der Waals surface area contributed by atoms with E-state index in [1.54, 1.807) is 0 Å². The molecule has 0 fully saturated rings. The van der Waals surface area contributed by atoms with Gasteiger partial charge in [-0.1, -0.05) is 18.2 Å². The second-order valence-electron chi connectivity index (χ2n) is 3.59. The largest absolute Gasteiger partial charge is 0.367 e. The van der Waals surface area contributed by atoms with E-state index in [4.69, 9.17) is 0 Å². The number of benzene rings is 1. The second kappa shape index (κ2) is 4.18. The molecule has 0 spiro atoms. The number of nitrogens with zero attached hydrogens (tertiary/aromatic N) is 1. The van der Waals surface area contributed by atoms with Crippen molar-refractivity contribution in [3.63, 3.8) is 0 Å². The second-order valence-corrected chi connectivity index (χ2v) is 4.44. The quantitative estimate of drug-likeness (QED) is 0.729. The fraction of sp³-hybridized carbons (Fsp3) is 0.333. The summed E-state index contributed by atoms with van der Waals surface area (Å²) >= 11 is 3.62. The molecule has 2 rings (SSSR count). The van der Waals surface area contributed by atoms with Crippen molar-refractivity contribution in [2.75, 3.05) is 18.0 Å². The van der Waals surface area contributed by atoms with E-state index in [1.165, 1.54) is 28.6 Å². The normalized spacial score (nSPS) is 15.1. The van der Waals surface area contributed by atoms with E-state index in [2.05, 4.69) is 45.6 Å². The number of anilines is 1. The van der Waals surface area contributed by atoms with Crippen LogP contribution in [0.4, 0.5) is 5.69 Å². The van der Waals surface area contributed by atoms with Crippen LogP contribution in [0.5, 0.6) is 0 Å². The molecule has 74 valence electrons. The molecule has 1 nitrogen and oxygen atoms in total. The first-order valence-corrected chi connectivity index (χ1v) is 5.75. The molecule has 0 amide bonds. The molecule has 0 aromatic heterocycles. The van der Waals surface area contributed by atoms with Gasteiger partial charge in [0.25, 0.3) is 0 Å². The van der Waals surface area contributed by atoms with E-state index in [1.807, 2.05) is 6.08 Å². The van der Waals surface area contributed by atoms with E-state index in [9.17, 15) is 0 Å². The highest BCUT2D eigenvalue weighted by Gasteiger charge is 2.17. The van der Waals surface area contributed by atoms with Gasteiger partial charge in [-0.3, -0.25) is 0 Å². The van der Waals surface area contributed by atoms with Crippen LogP contribution >= 0.6 is 15.9 Å². The maximum Gasteiger partial charge on any atom is 0.0546 e. The lowest BCUT2D eigenvalue weighted by Crippen LogP contribution is -2.29. The highest BCUT2D eigenvalue weighted by Crippen LogP contribution is 2.34. The summed E-state index contributed by atoms with van der Waals surface area (Å²) in [5, 5.41) is 0. The number of fused-ring (bicyclic) bond motifs is 1. The monoisotopic (exact) mass is 251 g/mol. The predicted molar refractivity (Wildman–Crippen MR) is 64.9 cm³/mol. The van der Waals surface area contributed by atoms with Gasteiger partial charge in [-0.25, -0.2) is 0 Å². The summed E-state index contributed by atoms with van der Waals surface area (Å²) in [6, 6.07) is 6.44. The molecule has 1 aromatic carbocycles. The maximum atomic E-state index is 3.80. The molecule has 1 aromatic rings. The van der Waals surface area contributed by atoms with Crippen LogP contribution < -0.4 is 4.90 Å². The van der Waals surface area contributed by atoms with Crippen molar-refractivity contribution in [1.82, 2.24) is 0 Å². The Morgan fingerprint density at radius 3 is 3.14 bits per heavy atom. The van der Waals surface area contributed by atoms with Crippen LogP contribution in [0.15, 0.2) is 35.3 Å². The van der Waals surface area contributed by atoms with Crippen molar-refractivity contribution in [3.05, 3.63) is 40.9 Å². The van der Waals surface area contributed by atoms with Gasteiger partial charge in [0.05, 0.1) is 5.69 Å². The maximum absolute atomic E-state index is 3.80. The Morgan fingerprint density at radius 2 is 2.36 bits per heavy atom. The van der Waals surface area contributed by atoms with Crippen molar-refractivity contribution in [1.29, 1.82) is 0 Å². The molecule has 0 saturated carbocycles. The number of para-hydroxylation sites is 1. The fourth-order valence-corrected chi connectivity index (χ4v) is 2.68. The molecule has 0 aliphatic carbocycles. The molecule has 0 unspecified atom stereocenters. The summed E-state index contributed by atoms with van der Waals surface area (Å²) < 4.78 is 1.21. The van der Waals surface area contributed by atoms with Crippen molar-refractivity contribution in [2.24, 2.45) is 0 Å². The van der Waals surface area contributed by atoms with Gasteiger partial charge < -0.3 is 4.90 Å². The Morgan fingerprint density at radius 1 is 1.50 bits per heavy atom. The van der Waals surface area contributed by atoms with Crippen LogP contribution in [-0.4, -0.2) is 13.1 Å². The SMILES string of the molecule is C=CCN1CCCc2cccc(Br)c21.